The van der Waals surface area contributed by atoms with Crippen molar-refractivity contribution in [1.29, 1.82) is 0 Å². The Morgan fingerprint density at radius 1 is 1.35 bits per heavy atom. The number of likely N-dealkylation sites (N-methyl/N-ethyl adjacent to an activating group) is 1. The average Bonchev–Trinajstić information content (AvgIpc) is 2.90. The summed E-state index contributed by atoms with van der Waals surface area (Å²) in [5.41, 5.74) is 0.717. The average molecular weight is 339 g/mol. The van der Waals surface area contributed by atoms with E-state index >= 15 is 0 Å². The van der Waals surface area contributed by atoms with Gasteiger partial charge in [0.1, 0.15) is 5.69 Å². The maximum absolute atomic E-state index is 5.42. The van der Waals surface area contributed by atoms with Gasteiger partial charge < -0.3 is 9.84 Å². The maximum Gasteiger partial charge on any atom is 0.231 e. The van der Waals surface area contributed by atoms with Gasteiger partial charge in [0.05, 0.1) is 5.92 Å². The fraction of sp³-hybridized carbons (Fsp3) is 0.500. The van der Waals surface area contributed by atoms with Gasteiger partial charge in [-0.1, -0.05) is 19.0 Å². The van der Waals surface area contributed by atoms with Crippen LogP contribution in [0.2, 0.25) is 0 Å². The van der Waals surface area contributed by atoms with Gasteiger partial charge in [0.25, 0.3) is 0 Å². The Morgan fingerprint density at radius 3 is 2.75 bits per heavy atom. The second kappa shape index (κ2) is 6.95. The molecule has 0 aliphatic carbocycles. The van der Waals surface area contributed by atoms with Crippen molar-refractivity contribution in [3.05, 3.63) is 28.7 Å². The van der Waals surface area contributed by atoms with Gasteiger partial charge in [-0.15, -0.1) is 0 Å². The summed E-state index contributed by atoms with van der Waals surface area (Å²) in [4.78, 5) is 8.77. The number of aromatic nitrogens is 3. The van der Waals surface area contributed by atoms with Crippen molar-refractivity contribution in [3.8, 4) is 11.5 Å². The molecule has 2 rings (SSSR count). The van der Waals surface area contributed by atoms with E-state index in [-0.39, 0.29) is 5.92 Å². The Balaban J connectivity index is 2.20. The van der Waals surface area contributed by atoms with Crippen molar-refractivity contribution in [3.63, 3.8) is 0 Å². The second-order valence-electron chi connectivity index (χ2n) is 4.68. The van der Waals surface area contributed by atoms with Gasteiger partial charge >= 0.3 is 0 Å². The monoisotopic (exact) mass is 338 g/mol. The van der Waals surface area contributed by atoms with Crippen LogP contribution >= 0.6 is 15.9 Å². The van der Waals surface area contributed by atoms with Crippen molar-refractivity contribution >= 4 is 15.9 Å². The number of nitrogens with one attached hydrogen (secondary N) is 1. The van der Waals surface area contributed by atoms with Crippen LogP contribution in [0.4, 0.5) is 0 Å². The number of pyridine rings is 1. The molecule has 0 saturated heterocycles. The standard InChI is InChI=1S/C14H19BrN4O/c1-4-11(9(3)16-5-2)14-18-13(19-20-14)12-7-6-10(15)8-17-12/h6-9,11,16H,4-5H2,1-3H3. The number of nitrogens with zero attached hydrogens (tertiary/aromatic N) is 3. The van der Waals surface area contributed by atoms with Crippen molar-refractivity contribution < 1.29 is 4.52 Å². The third-order valence-corrected chi connectivity index (χ3v) is 3.75. The number of hydrogen-bond donors (Lipinski definition) is 1. The van der Waals surface area contributed by atoms with Gasteiger partial charge in [0.2, 0.25) is 11.7 Å². The summed E-state index contributed by atoms with van der Waals surface area (Å²) in [5, 5.41) is 7.44. The van der Waals surface area contributed by atoms with E-state index in [4.69, 9.17) is 4.52 Å². The molecule has 2 aromatic rings. The summed E-state index contributed by atoms with van der Waals surface area (Å²) in [7, 11) is 0. The van der Waals surface area contributed by atoms with Crippen molar-refractivity contribution in [2.75, 3.05) is 6.54 Å². The lowest BCUT2D eigenvalue weighted by molar-refractivity contribution is 0.318. The molecule has 0 aliphatic rings. The molecule has 20 heavy (non-hydrogen) atoms. The molecule has 0 fully saturated rings. The van der Waals surface area contributed by atoms with Crippen molar-refractivity contribution in [2.24, 2.45) is 0 Å². The van der Waals surface area contributed by atoms with Gasteiger partial charge in [-0.05, 0) is 48.0 Å². The molecule has 0 spiro atoms. The molecular formula is C14H19BrN4O. The highest BCUT2D eigenvalue weighted by Gasteiger charge is 2.23. The molecule has 2 aromatic heterocycles. The Bertz CT molecular complexity index is 540. The lowest BCUT2D eigenvalue weighted by atomic mass is 9.98. The Hall–Kier alpha value is -1.27. The zero-order chi connectivity index (χ0) is 14.5. The second-order valence-corrected chi connectivity index (χ2v) is 5.59. The van der Waals surface area contributed by atoms with E-state index in [9.17, 15) is 0 Å². The molecule has 2 heterocycles. The quantitative estimate of drug-likeness (QED) is 0.874. The first-order chi connectivity index (χ1) is 9.65. The van der Waals surface area contributed by atoms with Crippen LogP contribution in [0.15, 0.2) is 27.3 Å². The SMILES string of the molecule is CCNC(C)C(CC)c1nc(-c2ccc(Br)cn2)no1. The number of rotatable bonds is 6. The Labute approximate surface area is 127 Å². The van der Waals surface area contributed by atoms with Gasteiger partial charge in [-0.2, -0.15) is 4.98 Å². The molecule has 0 radical (unpaired) electrons. The molecule has 5 nitrogen and oxygen atoms in total. The number of hydrogen-bond acceptors (Lipinski definition) is 5. The maximum atomic E-state index is 5.42. The van der Waals surface area contributed by atoms with Gasteiger partial charge in [-0.3, -0.25) is 4.98 Å². The highest BCUT2D eigenvalue weighted by Crippen LogP contribution is 2.24. The molecule has 0 amide bonds. The van der Waals surface area contributed by atoms with Crippen molar-refractivity contribution in [2.45, 2.75) is 39.2 Å². The molecule has 0 bridgehead atoms. The first-order valence-corrected chi connectivity index (χ1v) is 7.63. The van der Waals surface area contributed by atoms with E-state index < -0.39 is 0 Å². The summed E-state index contributed by atoms with van der Waals surface area (Å²) < 4.78 is 6.34. The summed E-state index contributed by atoms with van der Waals surface area (Å²) in [6.07, 6.45) is 2.67. The largest absolute Gasteiger partial charge is 0.339 e. The van der Waals surface area contributed by atoms with Crippen LogP contribution in [0.1, 0.15) is 39.0 Å². The molecule has 0 saturated carbocycles. The van der Waals surface area contributed by atoms with E-state index in [0.29, 0.717) is 23.5 Å². The lowest BCUT2D eigenvalue weighted by Gasteiger charge is -2.19. The highest BCUT2D eigenvalue weighted by molar-refractivity contribution is 9.10. The van der Waals surface area contributed by atoms with Crippen molar-refractivity contribution in [1.82, 2.24) is 20.4 Å². The molecule has 108 valence electrons. The minimum Gasteiger partial charge on any atom is -0.339 e. The zero-order valence-corrected chi connectivity index (χ0v) is 13.5. The first kappa shape index (κ1) is 15.1. The highest BCUT2D eigenvalue weighted by atomic mass is 79.9. The van der Waals surface area contributed by atoms with E-state index in [1.165, 1.54) is 0 Å². The topological polar surface area (TPSA) is 63.8 Å². The minimum atomic E-state index is 0.214. The third-order valence-electron chi connectivity index (χ3n) is 3.28. The summed E-state index contributed by atoms with van der Waals surface area (Å²) in [6, 6.07) is 4.08. The Kier molecular flexibility index (Phi) is 5.25. The normalized spacial score (nSPS) is 14.2. The minimum absolute atomic E-state index is 0.214. The van der Waals surface area contributed by atoms with Crippen LogP contribution in [-0.2, 0) is 0 Å². The van der Waals surface area contributed by atoms with E-state index in [1.54, 1.807) is 6.20 Å². The van der Waals surface area contributed by atoms with E-state index in [2.05, 4.69) is 57.1 Å². The molecule has 2 atom stereocenters. The molecule has 0 aromatic carbocycles. The molecular weight excluding hydrogens is 320 g/mol. The summed E-state index contributed by atoms with van der Waals surface area (Å²) >= 11 is 3.36. The van der Waals surface area contributed by atoms with Crippen LogP contribution in [0.5, 0.6) is 0 Å². The van der Waals surface area contributed by atoms with Crippen LogP contribution in [0, 0.1) is 0 Å². The zero-order valence-electron chi connectivity index (χ0n) is 11.9. The third kappa shape index (κ3) is 3.43. The molecule has 2 unspecified atom stereocenters. The molecule has 0 aliphatic heterocycles. The Morgan fingerprint density at radius 2 is 2.15 bits per heavy atom. The van der Waals surface area contributed by atoms with Crippen LogP contribution in [-0.4, -0.2) is 27.7 Å². The van der Waals surface area contributed by atoms with E-state index in [0.717, 1.165) is 17.4 Å². The fourth-order valence-electron chi connectivity index (χ4n) is 2.20. The van der Waals surface area contributed by atoms with Crippen LogP contribution in [0.3, 0.4) is 0 Å². The molecule has 6 heteroatoms. The fourth-order valence-corrected chi connectivity index (χ4v) is 2.44. The number of halogens is 1. The predicted molar refractivity (Wildman–Crippen MR) is 81.4 cm³/mol. The van der Waals surface area contributed by atoms with Gasteiger partial charge in [0, 0.05) is 16.7 Å². The van der Waals surface area contributed by atoms with E-state index in [1.807, 2.05) is 12.1 Å². The van der Waals surface area contributed by atoms with Crippen LogP contribution < -0.4 is 5.32 Å². The predicted octanol–water partition coefficient (Wildman–Crippen LogP) is 3.39. The molecule has 1 N–H and O–H groups in total. The summed E-state index contributed by atoms with van der Waals surface area (Å²) in [6.45, 7) is 7.28. The lowest BCUT2D eigenvalue weighted by Crippen LogP contribution is -2.31. The summed E-state index contributed by atoms with van der Waals surface area (Å²) in [5.74, 6) is 1.42. The van der Waals surface area contributed by atoms with Crippen LogP contribution in [0.25, 0.3) is 11.5 Å². The first-order valence-electron chi connectivity index (χ1n) is 6.84. The smallest absolute Gasteiger partial charge is 0.231 e. The van der Waals surface area contributed by atoms with Gasteiger partial charge in [-0.25, -0.2) is 0 Å². The van der Waals surface area contributed by atoms with Gasteiger partial charge in [0.15, 0.2) is 0 Å².